The van der Waals surface area contributed by atoms with Crippen LogP contribution in [-0.4, -0.2) is 68.2 Å². The first kappa shape index (κ1) is 25.2. The summed E-state index contributed by atoms with van der Waals surface area (Å²) in [6.07, 6.45) is -2.33. The van der Waals surface area contributed by atoms with Crippen molar-refractivity contribution in [2.75, 3.05) is 20.8 Å². The Hall–Kier alpha value is -3.43. The molecule has 182 valence electrons. The molecule has 34 heavy (non-hydrogen) atoms. The molecular formula is C25H30N2O7. The summed E-state index contributed by atoms with van der Waals surface area (Å²) in [6.45, 7) is 3.18. The maximum absolute atomic E-state index is 12.8. The lowest BCUT2D eigenvalue weighted by Gasteiger charge is -2.27. The molecule has 0 heterocycles. The normalized spacial score (nSPS) is 15.9. The lowest BCUT2D eigenvalue weighted by molar-refractivity contribution is -0.146. The van der Waals surface area contributed by atoms with E-state index in [1.54, 1.807) is 6.92 Å². The van der Waals surface area contributed by atoms with E-state index >= 15 is 0 Å². The summed E-state index contributed by atoms with van der Waals surface area (Å²) in [5.74, 6) is -2.11. The largest absolute Gasteiger partial charge is 0.480 e. The standard InChI is InChI=1S/C25H30N2O7/c1-14(32-3)21(23(28)26-22(24(29)30)15(2)33-4)27-25(31)34-13-20-18-11-7-5-9-16(18)17-10-6-8-12-19(17)20/h5-12,14-15,20-22H,13H2,1-4H3,(H,26,28)(H,27,31)(H,29,30)/t14-,15?,21+,22?/m1/s1. The molecular weight excluding hydrogens is 440 g/mol. The number of carboxylic acid groups (broad SMARTS) is 1. The van der Waals surface area contributed by atoms with E-state index in [9.17, 15) is 19.5 Å². The molecule has 9 heteroatoms. The monoisotopic (exact) mass is 470 g/mol. The van der Waals surface area contributed by atoms with Crippen LogP contribution in [0.4, 0.5) is 4.79 Å². The number of rotatable bonds is 10. The summed E-state index contributed by atoms with van der Waals surface area (Å²) >= 11 is 0. The number of alkyl carbamates (subject to hydrolysis) is 1. The molecule has 3 rings (SSSR count). The van der Waals surface area contributed by atoms with Gasteiger partial charge in [-0.05, 0) is 36.1 Å². The fraction of sp³-hybridized carbons (Fsp3) is 0.400. The van der Waals surface area contributed by atoms with E-state index in [-0.39, 0.29) is 12.5 Å². The average molecular weight is 471 g/mol. The Labute approximate surface area is 198 Å². The van der Waals surface area contributed by atoms with Gasteiger partial charge in [0.2, 0.25) is 5.91 Å². The van der Waals surface area contributed by atoms with E-state index in [2.05, 4.69) is 10.6 Å². The Morgan fingerprint density at radius 3 is 1.85 bits per heavy atom. The summed E-state index contributed by atoms with van der Waals surface area (Å²) in [5.41, 5.74) is 4.33. The number of carboxylic acids is 1. The molecule has 2 aromatic carbocycles. The van der Waals surface area contributed by atoms with Crippen LogP contribution in [0, 0.1) is 0 Å². The van der Waals surface area contributed by atoms with Gasteiger partial charge in [-0.2, -0.15) is 0 Å². The number of nitrogens with one attached hydrogen (secondary N) is 2. The lowest BCUT2D eigenvalue weighted by atomic mass is 9.98. The van der Waals surface area contributed by atoms with Crippen LogP contribution in [-0.2, 0) is 23.8 Å². The van der Waals surface area contributed by atoms with Crippen LogP contribution in [0.3, 0.4) is 0 Å². The number of carbonyl (C=O) groups is 3. The van der Waals surface area contributed by atoms with Crippen LogP contribution in [0.5, 0.6) is 0 Å². The quantitative estimate of drug-likeness (QED) is 0.488. The first-order valence-electron chi connectivity index (χ1n) is 11.0. The third-order valence-electron chi connectivity index (χ3n) is 6.15. The molecule has 0 aromatic heterocycles. The summed E-state index contributed by atoms with van der Waals surface area (Å²) in [4.78, 5) is 37.0. The summed E-state index contributed by atoms with van der Waals surface area (Å²) < 4.78 is 15.8. The predicted octanol–water partition coefficient (Wildman–Crippen LogP) is 2.53. The second-order valence-electron chi connectivity index (χ2n) is 8.15. The second-order valence-corrected chi connectivity index (χ2v) is 8.15. The number of benzene rings is 2. The highest BCUT2D eigenvalue weighted by atomic mass is 16.5. The zero-order valence-electron chi connectivity index (χ0n) is 19.6. The maximum atomic E-state index is 12.8. The van der Waals surface area contributed by atoms with Crippen molar-refractivity contribution in [2.24, 2.45) is 0 Å². The molecule has 4 atom stereocenters. The predicted molar refractivity (Wildman–Crippen MR) is 125 cm³/mol. The summed E-state index contributed by atoms with van der Waals surface area (Å²) in [6, 6.07) is 13.4. The topological polar surface area (TPSA) is 123 Å². The fourth-order valence-corrected chi connectivity index (χ4v) is 4.06. The van der Waals surface area contributed by atoms with Gasteiger partial charge < -0.3 is 30.0 Å². The van der Waals surface area contributed by atoms with Crippen LogP contribution < -0.4 is 10.6 Å². The van der Waals surface area contributed by atoms with Crippen molar-refractivity contribution in [1.29, 1.82) is 0 Å². The minimum atomic E-state index is -1.30. The smallest absolute Gasteiger partial charge is 0.407 e. The first-order valence-corrected chi connectivity index (χ1v) is 11.0. The Morgan fingerprint density at radius 1 is 0.853 bits per heavy atom. The molecule has 0 aliphatic heterocycles. The molecule has 2 aromatic rings. The number of methoxy groups -OCH3 is 2. The molecule has 0 bridgehead atoms. The van der Waals surface area contributed by atoms with Crippen LogP contribution in [0.15, 0.2) is 48.5 Å². The van der Waals surface area contributed by atoms with E-state index in [0.29, 0.717) is 0 Å². The third kappa shape index (κ3) is 5.37. The number of fused-ring (bicyclic) bond motifs is 3. The van der Waals surface area contributed by atoms with Crippen LogP contribution in [0.1, 0.15) is 30.9 Å². The van der Waals surface area contributed by atoms with Crippen molar-refractivity contribution in [3.63, 3.8) is 0 Å². The number of hydrogen-bond acceptors (Lipinski definition) is 6. The molecule has 2 unspecified atom stereocenters. The van der Waals surface area contributed by atoms with E-state index in [1.807, 2.05) is 48.5 Å². The first-order chi connectivity index (χ1) is 16.3. The molecule has 0 saturated heterocycles. The molecule has 3 N–H and O–H groups in total. The molecule has 0 saturated carbocycles. The molecule has 1 aliphatic carbocycles. The van der Waals surface area contributed by atoms with Gasteiger partial charge in [-0.25, -0.2) is 9.59 Å². The number of ether oxygens (including phenoxy) is 3. The van der Waals surface area contributed by atoms with Gasteiger partial charge in [-0.15, -0.1) is 0 Å². The number of aliphatic carboxylic acids is 1. The van der Waals surface area contributed by atoms with Gasteiger partial charge in [0.15, 0.2) is 6.04 Å². The molecule has 0 radical (unpaired) electrons. The highest BCUT2D eigenvalue weighted by Gasteiger charge is 2.34. The van der Waals surface area contributed by atoms with Gasteiger partial charge >= 0.3 is 12.1 Å². The third-order valence-corrected chi connectivity index (χ3v) is 6.15. The van der Waals surface area contributed by atoms with Crippen LogP contribution in [0.2, 0.25) is 0 Å². The van der Waals surface area contributed by atoms with Crippen molar-refractivity contribution in [2.45, 2.75) is 44.1 Å². The van der Waals surface area contributed by atoms with Gasteiger partial charge in [-0.1, -0.05) is 48.5 Å². The van der Waals surface area contributed by atoms with E-state index < -0.39 is 42.3 Å². The molecule has 1 aliphatic rings. The van der Waals surface area contributed by atoms with E-state index in [1.165, 1.54) is 21.1 Å². The Morgan fingerprint density at radius 2 is 1.35 bits per heavy atom. The molecule has 9 nitrogen and oxygen atoms in total. The van der Waals surface area contributed by atoms with Crippen molar-refractivity contribution >= 4 is 18.0 Å². The summed E-state index contributed by atoms with van der Waals surface area (Å²) in [7, 11) is 2.73. The van der Waals surface area contributed by atoms with Crippen LogP contribution in [0.25, 0.3) is 11.1 Å². The molecule has 0 spiro atoms. The number of carbonyl (C=O) groups excluding carboxylic acids is 2. The maximum Gasteiger partial charge on any atom is 0.407 e. The van der Waals surface area contributed by atoms with Crippen molar-refractivity contribution in [3.05, 3.63) is 59.7 Å². The highest BCUT2D eigenvalue weighted by Crippen LogP contribution is 2.44. The van der Waals surface area contributed by atoms with Crippen LogP contribution >= 0.6 is 0 Å². The van der Waals surface area contributed by atoms with E-state index in [0.717, 1.165) is 22.3 Å². The average Bonchev–Trinajstić information content (AvgIpc) is 3.17. The lowest BCUT2D eigenvalue weighted by Crippen LogP contribution is -2.58. The number of hydrogen-bond donors (Lipinski definition) is 3. The van der Waals surface area contributed by atoms with Crippen molar-refractivity contribution in [1.82, 2.24) is 10.6 Å². The molecule has 0 fully saturated rings. The zero-order valence-corrected chi connectivity index (χ0v) is 19.6. The van der Waals surface area contributed by atoms with E-state index in [4.69, 9.17) is 14.2 Å². The minimum Gasteiger partial charge on any atom is -0.480 e. The van der Waals surface area contributed by atoms with Gasteiger partial charge in [0.25, 0.3) is 0 Å². The van der Waals surface area contributed by atoms with Gasteiger partial charge in [-0.3, -0.25) is 4.79 Å². The Bertz CT molecular complexity index is 996. The van der Waals surface area contributed by atoms with Gasteiger partial charge in [0, 0.05) is 20.1 Å². The zero-order chi connectivity index (χ0) is 24.8. The number of amides is 2. The fourth-order valence-electron chi connectivity index (χ4n) is 4.06. The second kappa shape index (κ2) is 11.1. The SMILES string of the molecule is COC(C)C(NC(=O)[C@@H](NC(=O)OCC1c2ccccc2-c2ccccc21)[C@@H](C)OC)C(=O)O. The Kier molecular flexibility index (Phi) is 8.25. The van der Waals surface area contributed by atoms with Crippen molar-refractivity contribution in [3.8, 4) is 11.1 Å². The highest BCUT2D eigenvalue weighted by molar-refractivity contribution is 5.90. The van der Waals surface area contributed by atoms with Gasteiger partial charge in [0.1, 0.15) is 12.6 Å². The van der Waals surface area contributed by atoms with Gasteiger partial charge in [0.05, 0.1) is 12.2 Å². The van der Waals surface area contributed by atoms with Crippen molar-refractivity contribution < 1.29 is 33.7 Å². The minimum absolute atomic E-state index is 0.0774. The Balaban J connectivity index is 1.69. The molecule has 2 amide bonds. The summed E-state index contributed by atoms with van der Waals surface area (Å²) in [5, 5.41) is 14.3.